The van der Waals surface area contributed by atoms with Gasteiger partial charge in [0.15, 0.2) is 0 Å². The molecule has 0 aromatic heterocycles. The van der Waals surface area contributed by atoms with E-state index in [9.17, 15) is 0 Å². The summed E-state index contributed by atoms with van der Waals surface area (Å²) >= 11 is 0. The Morgan fingerprint density at radius 2 is 2.12 bits per heavy atom. The van der Waals surface area contributed by atoms with E-state index in [1.54, 1.807) is 0 Å². The molecule has 1 saturated carbocycles. The lowest BCUT2D eigenvalue weighted by Gasteiger charge is -2.51. The number of fused-ring (bicyclic) bond motifs is 1. The van der Waals surface area contributed by atoms with Crippen LogP contribution >= 0.6 is 0 Å². The third-order valence-electron chi connectivity index (χ3n) is 4.80. The van der Waals surface area contributed by atoms with Crippen molar-refractivity contribution in [3.63, 3.8) is 0 Å². The second kappa shape index (κ2) is 4.84. The molecule has 0 aromatic carbocycles. The van der Waals surface area contributed by atoms with Gasteiger partial charge in [0.2, 0.25) is 0 Å². The van der Waals surface area contributed by atoms with E-state index in [0.29, 0.717) is 12.1 Å². The van der Waals surface area contributed by atoms with Gasteiger partial charge in [-0.3, -0.25) is 4.90 Å². The molecule has 0 aromatic rings. The fourth-order valence-electron chi connectivity index (χ4n) is 3.79. The minimum absolute atomic E-state index is 0.101. The Bertz CT molecular complexity index is 264. The highest BCUT2D eigenvalue weighted by atomic mass is 16.5. The molecule has 3 fully saturated rings. The van der Waals surface area contributed by atoms with Gasteiger partial charge in [0, 0.05) is 25.7 Å². The molecule has 0 bridgehead atoms. The fraction of sp³-hybridized carbons (Fsp3) is 1.00. The molecule has 3 unspecified atom stereocenters. The van der Waals surface area contributed by atoms with Crippen molar-refractivity contribution in [3.05, 3.63) is 0 Å². The monoisotopic (exact) mass is 240 g/mol. The van der Waals surface area contributed by atoms with E-state index in [-0.39, 0.29) is 5.54 Å². The molecule has 2 N–H and O–H groups in total. The molecule has 1 aliphatic carbocycles. The molecule has 98 valence electrons. The largest absolute Gasteiger partial charge is 0.379 e. The molecule has 0 amide bonds. The molecule has 2 heterocycles. The summed E-state index contributed by atoms with van der Waals surface area (Å²) in [5, 5.41) is 0. The van der Waals surface area contributed by atoms with Crippen molar-refractivity contribution < 1.29 is 9.47 Å². The highest BCUT2D eigenvalue weighted by Crippen LogP contribution is 2.36. The van der Waals surface area contributed by atoms with Gasteiger partial charge in [0.25, 0.3) is 0 Å². The maximum Gasteiger partial charge on any atom is 0.0731 e. The Balaban J connectivity index is 1.79. The quantitative estimate of drug-likeness (QED) is 0.773. The summed E-state index contributed by atoms with van der Waals surface area (Å²) in [6.45, 7) is 4.29. The molecule has 3 rings (SSSR count). The van der Waals surface area contributed by atoms with Gasteiger partial charge >= 0.3 is 0 Å². The van der Waals surface area contributed by atoms with Gasteiger partial charge in [-0.25, -0.2) is 0 Å². The van der Waals surface area contributed by atoms with E-state index in [2.05, 4.69) is 4.90 Å². The van der Waals surface area contributed by atoms with E-state index in [0.717, 1.165) is 39.3 Å². The van der Waals surface area contributed by atoms with Crippen LogP contribution in [0.3, 0.4) is 0 Å². The van der Waals surface area contributed by atoms with Crippen LogP contribution in [0.2, 0.25) is 0 Å². The first-order chi connectivity index (χ1) is 8.36. The molecular formula is C13H24N2O2. The van der Waals surface area contributed by atoms with Crippen LogP contribution in [0.15, 0.2) is 0 Å². The number of morpholine rings is 1. The van der Waals surface area contributed by atoms with Crippen LogP contribution in [-0.4, -0.2) is 55.5 Å². The maximum atomic E-state index is 6.06. The van der Waals surface area contributed by atoms with E-state index in [1.807, 2.05) is 0 Å². The molecule has 2 aliphatic heterocycles. The second-order valence-corrected chi connectivity index (χ2v) is 5.69. The first kappa shape index (κ1) is 11.9. The van der Waals surface area contributed by atoms with E-state index < -0.39 is 0 Å². The Morgan fingerprint density at radius 1 is 1.24 bits per heavy atom. The first-order valence-electron chi connectivity index (χ1n) is 7.02. The Morgan fingerprint density at radius 3 is 2.88 bits per heavy atom. The minimum atomic E-state index is 0.101. The highest BCUT2D eigenvalue weighted by molar-refractivity contribution is 5.01. The molecule has 3 atom stereocenters. The predicted octanol–water partition coefficient (Wildman–Crippen LogP) is 0.748. The SMILES string of the molecule is NCC1(N2CCOC3CCCCC32)CCOC1. The summed E-state index contributed by atoms with van der Waals surface area (Å²) in [5.41, 5.74) is 6.16. The highest BCUT2D eigenvalue weighted by Gasteiger charge is 2.46. The van der Waals surface area contributed by atoms with Gasteiger partial charge in [0.05, 0.1) is 24.9 Å². The second-order valence-electron chi connectivity index (χ2n) is 5.69. The van der Waals surface area contributed by atoms with Crippen LogP contribution in [0.1, 0.15) is 32.1 Å². The summed E-state index contributed by atoms with van der Waals surface area (Å²) in [4.78, 5) is 2.63. The number of ether oxygens (including phenoxy) is 2. The van der Waals surface area contributed by atoms with E-state index in [1.165, 1.54) is 25.7 Å². The average Bonchev–Trinajstić information content (AvgIpc) is 2.88. The van der Waals surface area contributed by atoms with Gasteiger partial charge in [-0.1, -0.05) is 12.8 Å². The summed E-state index contributed by atoms with van der Waals surface area (Å²) in [5.74, 6) is 0. The van der Waals surface area contributed by atoms with Crippen molar-refractivity contribution in [1.29, 1.82) is 0 Å². The van der Waals surface area contributed by atoms with E-state index in [4.69, 9.17) is 15.2 Å². The average molecular weight is 240 g/mol. The zero-order chi connectivity index (χ0) is 11.7. The Hall–Kier alpha value is -0.160. The number of hydrogen-bond acceptors (Lipinski definition) is 4. The summed E-state index contributed by atoms with van der Waals surface area (Å²) in [6.07, 6.45) is 6.69. The van der Waals surface area contributed by atoms with Gasteiger partial charge in [0.1, 0.15) is 0 Å². The van der Waals surface area contributed by atoms with Gasteiger partial charge < -0.3 is 15.2 Å². The standard InChI is InChI=1S/C13H24N2O2/c14-9-13(5-7-16-10-13)15-6-8-17-12-4-2-1-3-11(12)15/h11-12H,1-10,14H2. The van der Waals surface area contributed by atoms with Crippen molar-refractivity contribution in [2.75, 3.05) is 32.9 Å². The molecule has 2 saturated heterocycles. The third kappa shape index (κ3) is 2.01. The number of rotatable bonds is 2. The normalized spacial score (nSPS) is 43.6. The lowest BCUT2D eigenvalue weighted by molar-refractivity contribution is -0.125. The minimum Gasteiger partial charge on any atom is -0.379 e. The van der Waals surface area contributed by atoms with Gasteiger partial charge in [-0.2, -0.15) is 0 Å². The molecular weight excluding hydrogens is 216 g/mol. The lowest BCUT2D eigenvalue weighted by Crippen LogP contribution is -2.65. The van der Waals surface area contributed by atoms with Crippen molar-refractivity contribution in [2.45, 2.75) is 49.8 Å². The lowest BCUT2D eigenvalue weighted by atomic mass is 9.85. The van der Waals surface area contributed by atoms with Crippen LogP contribution in [0.25, 0.3) is 0 Å². The smallest absolute Gasteiger partial charge is 0.0731 e. The summed E-state index contributed by atoms with van der Waals surface area (Å²) in [6, 6.07) is 0.586. The zero-order valence-electron chi connectivity index (χ0n) is 10.6. The topological polar surface area (TPSA) is 47.7 Å². The molecule has 0 radical (unpaired) electrons. The Kier molecular flexibility index (Phi) is 3.39. The predicted molar refractivity (Wildman–Crippen MR) is 65.9 cm³/mol. The zero-order valence-corrected chi connectivity index (χ0v) is 10.6. The summed E-state index contributed by atoms with van der Waals surface area (Å²) < 4.78 is 11.6. The van der Waals surface area contributed by atoms with Crippen molar-refractivity contribution in [1.82, 2.24) is 4.90 Å². The van der Waals surface area contributed by atoms with Gasteiger partial charge in [-0.15, -0.1) is 0 Å². The molecule has 3 aliphatic rings. The number of nitrogens with two attached hydrogens (primary N) is 1. The van der Waals surface area contributed by atoms with Crippen molar-refractivity contribution >= 4 is 0 Å². The van der Waals surface area contributed by atoms with Crippen molar-refractivity contribution in [3.8, 4) is 0 Å². The van der Waals surface area contributed by atoms with Crippen LogP contribution in [0, 0.1) is 0 Å². The van der Waals surface area contributed by atoms with Crippen LogP contribution in [0.4, 0.5) is 0 Å². The van der Waals surface area contributed by atoms with Crippen LogP contribution in [0.5, 0.6) is 0 Å². The fourth-order valence-corrected chi connectivity index (χ4v) is 3.79. The Labute approximate surface area is 103 Å². The maximum absolute atomic E-state index is 6.06. The number of hydrogen-bond donors (Lipinski definition) is 1. The van der Waals surface area contributed by atoms with E-state index >= 15 is 0 Å². The summed E-state index contributed by atoms with van der Waals surface area (Å²) in [7, 11) is 0. The molecule has 17 heavy (non-hydrogen) atoms. The first-order valence-corrected chi connectivity index (χ1v) is 7.02. The van der Waals surface area contributed by atoms with Gasteiger partial charge in [-0.05, 0) is 19.3 Å². The third-order valence-corrected chi connectivity index (χ3v) is 4.80. The number of nitrogens with zero attached hydrogens (tertiary/aromatic N) is 1. The molecule has 4 nitrogen and oxygen atoms in total. The van der Waals surface area contributed by atoms with Crippen LogP contribution < -0.4 is 5.73 Å². The van der Waals surface area contributed by atoms with Crippen molar-refractivity contribution in [2.24, 2.45) is 5.73 Å². The molecule has 4 heteroatoms. The molecule has 0 spiro atoms. The van der Waals surface area contributed by atoms with Crippen LogP contribution in [-0.2, 0) is 9.47 Å².